The van der Waals surface area contributed by atoms with Crippen LogP contribution in [0.1, 0.15) is 17.5 Å². The monoisotopic (exact) mass is 218 g/mol. The standard InChI is InChI=1S/C13H18N2O/c1-14-7-3-4-10-5-6-12-11(8-10)9-13(16)15(12)2/h5-6,8,14H,3-4,7,9H2,1-2H3. The van der Waals surface area contributed by atoms with Crippen molar-refractivity contribution < 1.29 is 4.79 Å². The fourth-order valence-corrected chi connectivity index (χ4v) is 2.15. The maximum absolute atomic E-state index is 11.5. The lowest BCUT2D eigenvalue weighted by Gasteiger charge is -2.10. The van der Waals surface area contributed by atoms with Gasteiger partial charge in [0.15, 0.2) is 0 Å². The van der Waals surface area contributed by atoms with Gasteiger partial charge in [-0.25, -0.2) is 0 Å². The van der Waals surface area contributed by atoms with Crippen molar-refractivity contribution in [3.05, 3.63) is 29.3 Å². The minimum atomic E-state index is 0.197. The topological polar surface area (TPSA) is 32.3 Å². The third-order valence-electron chi connectivity index (χ3n) is 3.11. The van der Waals surface area contributed by atoms with Crippen LogP contribution in [-0.4, -0.2) is 26.5 Å². The molecule has 16 heavy (non-hydrogen) atoms. The average molecular weight is 218 g/mol. The number of nitrogens with zero attached hydrogens (tertiary/aromatic N) is 1. The molecule has 0 fully saturated rings. The second kappa shape index (κ2) is 4.66. The molecule has 0 bridgehead atoms. The summed E-state index contributed by atoms with van der Waals surface area (Å²) in [4.78, 5) is 13.3. The van der Waals surface area contributed by atoms with E-state index in [1.165, 1.54) is 11.1 Å². The highest BCUT2D eigenvalue weighted by Gasteiger charge is 2.23. The molecule has 2 rings (SSSR count). The predicted molar refractivity (Wildman–Crippen MR) is 65.8 cm³/mol. The Morgan fingerprint density at radius 3 is 3.00 bits per heavy atom. The predicted octanol–water partition coefficient (Wildman–Crippen LogP) is 1.36. The minimum Gasteiger partial charge on any atom is -0.320 e. The highest BCUT2D eigenvalue weighted by molar-refractivity contribution is 6.00. The molecule has 1 amide bonds. The van der Waals surface area contributed by atoms with Crippen molar-refractivity contribution in [1.82, 2.24) is 5.32 Å². The third-order valence-corrected chi connectivity index (χ3v) is 3.11. The lowest BCUT2D eigenvalue weighted by Crippen LogP contribution is -2.20. The first kappa shape index (κ1) is 11.1. The van der Waals surface area contributed by atoms with Gasteiger partial charge in [-0.05, 0) is 43.6 Å². The number of hydrogen-bond donors (Lipinski definition) is 1. The summed E-state index contributed by atoms with van der Waals surface area (Å²) in [5.41, 5.74) is 3.58. The molecule has 0 saturated carbocycles. The number of fused-ring (bicyclic) bond motifs is 1. The van der Waals surface area contributed by atoms with Gasteiger partial charge in [0.2, 0.25) is 5.91 Å². The fourth-order valence-electron chi connectivity index (χ4n) is 2.15. The van der Waals surface area contributed by atoms with Gasteiger partial charge in [0, 0.05) is 12.7 Å². The van der Waals surface area contributed by atoms with Gasteiger partial charge in [-0.3, -0.25) is 4.79 Å². The quantitative estimate of drug-likeness (QED) is 0.774. The van der Waals surface area contributed by atoms with Crippen LogP contribution < -0.4 is 10.2 Å². The van der Waals surface area contributed by atoms with Gasteiger partial charge < -0.3 is 10.2 Å². The zero-order valence-corrected chi connectivity index (χ0v) is 9.92. The molecule has 1 aliphatic rings. The van der Waals surface area contributed by atoms with Crippen molar-refractivity contribution in [3.8, 4) is 0 Å². The van der Waals surface area contributed by atoms with Crippen LogP contribution in [0.5, 0.6) is 0 Å². The Balaban J connectivity index is 2.09. The molecule has 1 aromatic carbocycles. The normalized spacial score (nSPS) is 14.4. The van der Waals surface area contributed by atoms with Crippen LogP contribution in [0.3, 0.4) is 0 Å². The SMILES string of the molecule is CNCCCc1ccc2c(c1)CC(=O)N2C. The van der Waals surface area contributed by atoms with Crippen LogP contribution >= 0.6 is 0 Å². The molecule has 0 spiro atoms. The van der Waals surface area contributed by atoms with E-state index in [1.807, 2.05) is 14.1 Å². The summed E-state index contributed by atoms with van der Waals surface area (Å²) in [6, 6.07) is 6.37. The Morgan fingerprint density at radius 1 is 1.44 bits per heavy atom. The number of amides is 1. The van der Waals surface area contributed by atoms with Crippen molar-refractivity contribution in [1.29, 1.82) is 0 Å². The van der Waals surface area contributed by atoms with E-state index < -0.39 is 0 Å². The van der Waals surface area contributed by atoms with Crippen molar-refractivity contribution in [2.45, 2.75) is 19.3 Å². The van der Waals surface area contributed by atoms with Gasteiger partial charge in [-0.1, -0.05) is 12.1 Å². The second-order valence-corrected chi connectivity index (χ2v) is 4.30. The number of likely N-dealkylation sites (N-methyl/N-ethyl adjacent to an activating group) is 1. The Morgan fingerprint density at radius 2 is 2.25 bits per heavy atom. The molecular formula is C13H18N2O. The highest BCUT2D eigenvalue weighted by Crippen LogP contribution is 2.28. The largest absolute Gasteiger partial charge is 0.320 e. The van der Waals surface area contributed by atoms with E-state index in [9.17, 15) is 4.79 Å². The molecule has 86 valence electrons. The summed E-state index contributed by atoms with van der Waals surface area (Å²) >= 11 is 0. The molecule has 1 N–H and O–H groups in total. The number of aryl methyl sites for hydroxylation is 1. The molecule has 0 radical (unpaired) electrons. The van der Waals surface area contributed by atoms with Crippen molar-refractivity contribution in [2.24, 2.45) is 0 Å². The van der Waals surface area contributed by atoms with Crippen LogP contribution in [-0.2, 0) is 17.6 Å². The molecule has 3 nitrogen and oxygen atoms in total. The summed E-state index contributed by atoms with van der Waals surface area (Å²) in [6.07, 6.45) is 2.77. The van der Waals surface area contributed by atoms with Crippen molar-refractivity contribution in [3.63, 3.8) is 0 Å². The van der Waals surface area contributed by atoms with Gasteiger partial charge in [0.25, 0.3) is 0 Å². The van der Waals surface area contributed by atoms with E-state index in [4.69, 9.17) is 0 Å². The summed E-state index contributed by atoms with van der Waals surface area (Å²) in [6.45, 7) is 1.04. The third kappa shape index (κ3) is 2.09. The Hall–Kier alpha value is -1.35. The molecule has 0 atom stereocenters. The highest BCUT2D eigenvalue weighted by atomic mass is 16.2. The van der Waals surface area contributed by atoms with E-state index >= 15 is 0 Å². The molecule has 0 saturated heterocycles. The van der Waals surface area contributed by atoms with Crippen LogP contribution in [0, 0.1) is 0 Å². The number of hydrogen-bond acceptors (Lipinski definition) is 2. The minimum absolute atomic E-state index is 0.197. The summed E-state index contributed by atoms with van der Waals surface area (Å²) in [5, 5.41) is 3.14. The number of carbonyl (C=O) groups excluding carboxylic acids is 1. The van der Waals surface area contributed by atoms with E-state index in [-0.39, 0.29) is 5.91 Å². The number of nitrogens with one attached hydrogen (secondary N) is 1. The second-order valence-electron chi connectivity index (χ2n) is 4.30. The average Bonchev–Trinajstić information content (AvgIpc) is 2.55. The molecule has 1 heterocycles. The Labute approximate surface area is 96.5 Å². The van der Waals surface area contributed by atoms with Gasteiger partial charge in [0.1, 0.15) is 0 Å². The Kier molecular flexibility index (Phi) is 3.25. The number of rotatable bonds is 4. The first-order chi connectivity index (χ1) is 7.72. The zero-order chi connectivity index (χ0) is 11.5. The molecular weight excluding hydrogens is 200 g/mol. The molecule has 1 aromatic rings. The van der Waals surface area contributed by atoms with Gasteiger partial charge in [0.05, 0.1) is 6.42 Å². The van der Waals surface area contributed by atoms with E-state index in [2.05, 4.69) is 23.5 Å². The summed E-state index contributed by atoms with van der Waals surface area (Å²) in [5.74, 6) is 0.197. The maximum atomic E-state index is 11.5. The first-order valence-corrected chi connectivity index (χ1v) is 5.75. The van der Waals surface area contributed by atoms with Gasteiger partial charge >= 0.3 is 0 Å². The van der Waals surface area contributed by atoms with Crippen LogP contribution in [0.25, 0.3) is 0 Å². The lowest BCUT2D eigenvalue weighted by atomic mass is 10.0. The van der Waals surface area contributed by atoms with Crippen molar-refractivity contribution >= 4 is 11.6 Å². The first-order valence-electron chi connectivity index (χ1n) is 5.75. The smallest absolute Gasteiger partial charge is 0.231 e. The molecule has 3 heteroatoms. The van der Waals surface area contributed by atoms with E-state index in [0.717, 1.165) is 25.1 Å². The van der Waals surface area contributed by atoms with Crippen molar-refractivity contribution in [2.75, 3.05) is 25.5 Å². The lowest BCUT2D eigenvalue weighted by molar-refractivity contribution is -0.117. The van der Waals surface area contributed by atoms with Gasteiger partial charge in [-0.15, -0.1) is 0 Å². The fraction of sp³-hybridized carbons (Fsp3) is 0.462. The van der Waals surface area contributed by atoms with E-state index in [1.54, 1.807) is 4.90 Å². The van der Waals surface area contributed by atoms with E-state index in [0.29, 0.717) is 6.42 Å². The van der Waals surface area contributed by atoms with Gasteiger partial charge in [-0.2, -0.15) is 0 Å². The molecule has 0 aromatic heterocycles. The maximum Gasteiger partial charge on any atom is 0.231 e. The number of benzene rings is 1. The van der Waals surface area contributed by atoms with Crippen LogP contribution in [0.4, 0.5) is 5.69 Å². The molecule has 1 aliphatic heterocycles. The van der Waals surface area contributed by atoms with Crippen LogP contribution in [0.2, 0.25) is 0 Å². The molecule has 0 unspecified atom stereocenters. The Bertz CT molecular complexity index is 401. The summed E-state index contributed by atoms with van der Waals surface area (Å²) < 4.78 is 0. The zero-order valence-electron chi connectivity index (χ0n) is 9.92. The molecule has 0 aliphatic carbocycles. The number of carbonyl (C=O) groups is 1. The number of anilines is 1. The summed E-state index contributed by atoms with van der Waals surface area (Å²) in [7, 11) is 3.81. The van der Waals surface area contributed by atoms with Crippen LogP contribution in [0.15, 0.2) is 18.2 Å².